The highest BCUT2D eigenvalue weighted by molar-refractivity contribution is 9.10. The van der Waals surface area contributed by atoms with Crippen LogP contribution in [0.5, 0.6) is 5.75 Å². The number of rotatable bonds is 7. The van der Waals surface area contributed by atoms with E-state index in [4.69, 9.17) is 9.47 Å². The highest BCUT2D eigenvalue weighted by atomic mass is 79.9. The Labute approximate surface area is 167 Å². The van der Waals surface area contributed by atoms with Crippen LogP contribution in [0.25, 0.3) is 6.08 Å². The number of imide groups is 1. The minimum absolute atomic E-state index is 0.170. The highest BCUT2D eigenvalue weighted by Gasteiger charge is 2.36. The molecular weight excluding hydrogens is 442 g/mol. The van der Waals surface area contributed by atoms with Crippen LogP contribution in [-0.4, -0.2) is 54.9 Å². The number of benzene rings is 1. The van der Waals surface area contributed by atoms with Crippen molar-refractivity contribution in [2.75, 3.05) is 26.9 Å². The number of hydrogen-bond acceptors (Lipinski definition) is 8. The first-order valence-electron chi connectivity index (χ1n) is 7.75. The summed E-state index contributed by atoms with van der Waals surface area (Å²) in [5, 5.41) is -0.531. The van der Waals surface area contributed by atoms with Crippen molar-refractivity contribution in [3.8, 4) is 5.75 Å². The van der Waals surface area contributed by atoms with Crippen LogP contribution in [0.15, 0.2) is 27.6 Å². The van der Waals surface area contributed by atoms with Crippen LogP contribution in [0.3, 0.4) is 0 Å². The maximum atomic E-state index is 12.3. The van der Waals surface area contributed by atoms with Crippen molar-refractivity contribution < 1.29 is 33.4 Å². The molecular formula is C17H16BrNO7S. The highest BCUT2D eigenvalue weighted by Crippen LogP contribution is 2.33. The monoisotopic (exact) mass is 457 g/mol. The Hall–Kier alpha value is -2.33. The molecule has 0 aromatic heterocycles. The predicted octanol–water partition coefficient (Wildman–Crippen LogP) is 2.60. The van der Waals surface area contributed by atoms with Crippen LogP contribution in [0.2, 0.25) is 0 Å². The van der Waals surface area contributed by atoms with E-state index in [0.717, 1.165) is 16.7 Å². The van der Waals surface area contributed by atoms with Gasteiger partial charge in [-0.2, -0.15) is 0 Å². The summed E-state index contributed by atoms with van der Waals surface area (Å²) in [6, 6.07) is 4.95. The summed E-state index contributed by atoms with van der Waals surface area (Å²) < 4.78 is 15.1. The molecule has 0 aliphatic carbocycles. The molecule has 10 heteroatoms. The first-order chi connectivity index (χ1) is 12.8. The first kappa shape index (κ1) is 21.0. The van der Waals surface area contributed by atoms with E-state index in [0.29, 0.717) is 15.8 Å². The maximum absolute atomic E-state index is 12.3. The second-order valence-corrected chi connectivity index (χ2v) is 6.98. The number of halogens is 1. The molecule has 1 aromatic rings. The SMILES string of the molecule is CCOC(=O)CN1C(=O)S/C(=C\c2ccc(OCC(=O)OC)c(Br)c2)C1=O. The molecule has 1 aliphatic heterocycles. The number of carbonyl (C=O) groups excluding carboxylic acids is 4. The Bertz CT molecular complexity index is 808. The molecule has 144 valence electrons. The van der Waals surface area contributed by atoms with E-state index in [9.17, 15) is 19.2 Å². The van der Waals surface area contributed by atoms with Gasteiger partial charge in [0.1, 0.15) is 12.3 Å². The molecule has 8 nitrogen and oxygen atoms in total. The molecule has 2 amide bonds. The van der Waals surface area contributed by atoms with E-state index >= 15 is 0 Å². The van der Waals surface area contributed by atoms with Gasteiger partial charge in [-0.05, 0) is 58.4 Å². The number of esters is 2. The molecule has 0 N–H and O–H groups in total. The molecule has 0 atom stereocenters. The van der Waals surface area contributed by atoms with Crippen LogP contribution in [0.4, 0.5) is 4.79 Å². The molecule has 0 radical (unpaired) electrons. The van der Waals surface area contributed by atoms with Gasteiger partial charge in [0, 0.05) is 0 Å². The van der Waals surface area contributed by atoms with Gasteiger partial charge in [0.25, 0.3) is 11.1 Å². The summed E-state index contributed by atoms with van der Waals surface area (Å²) in [7, 11) is 1.26. The lowest BCUT2D eigenvalue weighted by Gasteiger charge is -2.10. The van der Waals surface area contributed by atoms with Crippen molar-refractivity contribution in [1.29, 1.82) is 0 Å². The molecule has 1 saturated heterocycles. The van der Waals surface area contributed by atoms with E-state index in [1.807, 2.05) is 0 Å². The standard InChI is InChI=1S/C17H16BrNO7S/c1-3-25-14(20)8-19-16(22)13(27-17(19)23)7-10-4-5-12(11(18)6-10)26-9-15(21)24-2/h4-7H,3,8-9H2,1-2H3/b13-7-. The van der Waals surface area contributed by atoms with Crippen molar-refractivity contribution in [2.45, 2.75) is 6.92 Å². The van der Waals surface area contributed by atoms with Gasteiger partial charge in [-0.3, -0.25) is 19.3 Å². The van der Waals surface area contributed by atoms with Crippen molar-refractivity contribution in [3.05, 3.63) is 33.1 Å². The molecule has 1 aliphatic rings. The summed E-state index contributed by atoms with van der Waals surface area (Å²) in [5.41, 5.74) is 0.633. The van der Waals surface area contributed by atoms with E-state index in [-0.39, 0.29) is 18.1 Å². The topological polar surface area (TPSA) is 99.2 Å². The van der Waals surface area contributed by atoms with Crippen LogP contribution >= 0.6 is 27.7 Å². The average Bonchev–Trinajstić information content (AvgIpc) is 2.88. The number of thioether (sulfide) groups is 1. The van der Waals surface area contributed by atoms with Gasteiger partial charge in [-0.15, -0.1) is 0 Å². The predicted molar refractivity (Wildman–Crippen MR) is 101 cm³/mol. The number of carbonyl (C=O) groups is 4. The minimum Gasteiger partial charge on any atom is -0.481 e. The van der Waals surface area contributed by atoms with E-state index in [2.05, 4.69) is 20.7 Å². The molecule has 1 heterocycles. The van der Waals surface area contributed by atoms with Gasteiger partial charge in [-0.1, -0.05) is 6.07 Å². The summed E-state index contributed by atoms with van der Waals surface area (Å²) in [6.07, 6.45) is 1.53. The lowest BCUT2D eigenvalue weighted by Crippen LogP contribution is -2.34. The largest absolute Gasteiger partial charge is 0.481 e. The lowest BCUT2D eigenvalue weighted by atomic mass is 10.2. The third-order valence-corrected chi connectivity index (χ3v) is 4.82. The van der Waals surface area contributed by atoms with Crippen molar-refractivity contribution >= 4 is 56.9 Å². The molecule has 27 heavy (non-hydrogen) atoms. The maximum Gasteiger partial charge on any atom is 0.343 e. The Balaban J connectivity index is 2.10. The normalized spacial score (nSPS) is 15.2. The van der Waals surface area contributed by atoms with Gasteiger partial charge >= 0.3 is 11.9 Å². The van der Waals surface area contributed by atoms with Crippen LogP contribution < -0.4 is 4.74 Å². The van der Waals surface area contributed by atoms with E-state index in [1.165, 1.54) is 13.2 Å². The van der Waals surface area contributed by atoms with Crippen LogP contribution in [0, 0.1) is 0 Å². The summed E-state index contributed by atoms with van der Waals surface area (Å²) >= 11 is 4.07. The second-order valence-electron chi connectivity index (χ2n) is 5.13. The third kappa shape index (κ3) is 5.57. The van der Waals surface area contributed by atoms with Crippen LogP contribution in [-0.2, 0) is 23.9 Å². The van der Waals surface area contributed by atoms with Gasteiger partial charge in [-0.25, -0.2) is 4.79 Å². The summed E-state index contributed by atoms with van der Waals surface area (Å²) in [4.78, 5) is 48.0. The average molecular weight is 458 g/mol. The Morgan fingerprint density at radius 2 is 2.00 bits per heavy atom. The lowest BCUT2D eigenvalue weighted by molar-refractivity contribution is -0.146. The van der Waals surface area contributed by atoms with E-state index < -0.39 is 29.6 Å². The van der Waals surface area contributed by atoms with Crippen LogP contribution in [0.1, 0.15) is 12.5 Å². The molecule has 0 spiro atoms. The minimum atomic E-state index is -0.643. The van der Waals surface area contributed by atoms with Crippen molar-refractivity contribution in [1.82, 2.24) is 4.90 Å². The van der Waals surface area contributed by atoms with Crippen molar-refractivity contribution in [2.24, 2.45) is 0 Å². The molecule has 2 rings (SSSR count). The quantitative estimate of drug-likeness (QED) is 0.454. The zero-order valence-corrected chi connectivity index (χ0v) is 16.9. The second kappa shape index (κ2) is 9.56. The van der Waals surface area contributed by atoms with Gasteiger partial charge in [0.05, 0.1) is 23.1 Å². The number of ether oxygens (including phenoxy) is 3. The summed E-state index contributed by atoms with van der Waals surface area (Å²) in [5.74, 6) is -1.29. The molecule has 1 fully saturated rings. The Morgan fingerprint density at radius 3 is 2.63 bits per heavy atom. The van der Waals surface area contributed by atoms with Gasteiger partial charge in [0.15, 0.2) is 6.61 Å². The fourth-order valence-electron chi connectivity index (χ4n) is 2.04. The molecule has 0 saturated carbocycles. The summed E-state index contributed by atoms with van der Waals surface area (Å²) in [6.45, 7) is 1.16. The van der Waals surface area contributed by atoms with Gasteiger partial charge < -0.3 is 14.2 Å². The number of hydrogen-bond donors (Lipinski definition) is 0. The number of methoxy groups -OCH3 is 1. The molecule has 0 unspecified atom stereocenters. The number of nitrogens with zero attached hydrogens (tertiary/aromatic N) is 1. The first-order valence-corrected chi connectivity index (χ1v) is 9.36. The third-order valence-electron chi connectivity index (χ3n) is 3.29. The zero-order chi connectivity index (χ0) is 20.0. The molecule has 0 bridgehead atoms. The Kier molecular flexibility index (Phi) is 7.43. The fraction of sp³-hybridized carbons (Fsp3) is 0.294. The number of amides is 2. The zero-order valence-electron chi connectivity index (χ0n) is 14.5. The van der Waals surface area contributed by atoms with Crippen molar-refractivity contribution in [3.63, 3.8) is 0 Å². The fourth-order valence-corrected chi connectivity index (χ4v) is 3.39. The van der Waals surface area contributed by atoms with Gasteiger partial charge in [0.2, 0.25) is 0 Å². The Morgan fingerprint density at radius 1 is 1.26 bits per heavy atom. The molecule has 1 aromatic carbocycles. The van der Waals surface area contributed by atoms with E-state index in [1.54, 1.807) is 25.1 Å². The smallest absolute Gasteiger partial charge is 0.343 e.